The summed E-state index contributed by atoms with van der Waals surface area (Å²) in [6.45, 7) is 0. The van der Waals surface area contributed by atoms with Gasteiger partial charge in [0, 0.05) is 6.42 Å². The summed E-state index contributed by atoms with van der Waals surface area (Å²) in [5.41, 5.74) is 0. The van der Waals surface area contributed by atoms with Crippen LogP contribution in [0.4, 0.5) is 0 Å². The molecule has 9 heteroatoms. The zero-order valence-electron chi connectivity index (χ0n) is 8.72. The zero-order chi connectivity index (χ0) is 13.6. The quantitative estimate of drug-likeness (QED) is 0.221. The summed E-state index contributed by atoms with van der Waals surface area (Å²) in [5.74, 6) is -2.88. The third-order valence-corrected chi connectivity index (χ3v) is 1.92. The summed E-state index contributed by atoms with van der Waals surface area (Å²) >= 11 is 0. The molecule has 0 saturated carbocycles. The number of nitrogens with one attached hydrogen (secondary N) is 1. The Hall–Kier alpha value is -1.26. The second kappa shape index (κ2) is 7.14. The molecule has 17 heavy (non-hydrogen) atoms. The lowest BCUT2D eigenvalue weighted by atomic mass is 10.1. The van der Waals surface area contributed by atoms with Crippen LogP contribution in [0.2, 0.25) is 0 Å². The van der Waals surface area contributed by atoms with Crippen molar-refractivity contribution >= 4 is 11.9 Å². The fourth-order valence-corrected chi connectivity index (χ4v) is 1.15. The van der Waals surface area contributed by atoms with Crippen molar-refractivity contribution in [1.29, 1.82) is 0 Å². The molecule has 0 aliphatic carbocycles. The lowest BCUT2D eigenvalue weighted by molar-refractivity contribution is -0.148. The van der Waals surface area contributed by atoms with E-state index in [1.165, 1.54) is 0 Å². The first-order chi connectivity index (χ1) is 7.73. The lowest BCUT2D eigenvalue weighted by Gasteiger charge is -2.24. The molecule has 0 aliphatic rings. The molecule has 0 fully saturated rings. The number of hydrogen-bond donors (Lipinski definition) is 7. The van der Waals surface area contributed by atoms with Crippen molar-refractivity contribution in [3.63, 3.8) is 0 Å². The Morgan fingerprint density at radius 1 is 1.06 bits per heavy atom. The normalized spacial score (nSPS) is 14.9. The number of aliphatic hydroxyl groups is 4. The molecule has 0 aromatic rings. The Morgan fingerprint density at radius 3 is 1.88 bits per heavy atom. The Labute approximate surface area is 95.9 Å². The van der Waals surface area contributed by atoms with E-state index in [1.807, 2.05) is 0 Å². The number of hydrogen-bond acceptors (Lipinski definition) is 7. The summed E-state index contributed by atoms with van der Waals surface area (Å²) in [6.07, 6.45) is -5.26. The first-order valence-corrected chi connectivity index (χ1v) is 4.67. The van der Waals surface area contributed by atoms with E-state index in [1.54, 1.807) is 0 Å². The molecule has 0 aromatic carbocycles. The maximum absolute atomic E-state index is 10.7. The minimum atomic E-state index is -2.05. The van der Waals surface area contributed by atoms with Gasteiger partial charge in [-0.25, -0.2) is 0 Å². The Morgan fingerprint density at radius 2 is 1.59 bits per heavy atom. The van der Waals surface area contributed by atoms with Crippen molar-refractivity contribution in [3.05, 3.63) is 0 Å². The first-order valence-electron chi connectivity index (χ1n) is 4.67. The second-order valence-corrected chi connectivity index (χ2v) is 3.39. The SMILES string of the molecule is O=C(O)CC(NC(CC(O)O)C(O)O)C(=O)O. The molecule has 2 atom stereocenters. The molecule has 0 aromatic heterocycles. The average Bonchev–Trinajstić information content (AvgIpc) is 2.13. The molecule has 0 aliphatic heterocycles. The third-order valence-electron chi connectivity index (χ3n) is 1.92. The van der Waals surface area contributed by atoms with Gasteiger partial charge >= 0.3 is 11.9 Å². The smallest absolute Gasteiger partial charge is 0.321 e. The van der Waals surface area contributed by atoms with E-state index < -0.39 is 49.4 Å². The highest BCUT2D eigenvalue weighted by Gasteiger charge is 2.28. The van der Waals surface area contributed by atoms with Gasteiger partial charge in [0.2, 0.25) is 0 Å². The van der Waals surface area contributed by atoms with Gasteiger partial charge in [-0.05, 0) is 0 Å². The number of carboxylic acid groups (broad SMARTS) is 2. The summed E-state index contributed by atoms with van der Waals surface area (Å²) in [4.78, 5) is 21.0. The van der Waals surface area contributed by atoms with Crippen LogP contribution in [-0.2, 0) is 9.59 Å². The van der Waals surface area contributed by atoms with Gasteiger partial charge in [-0.2, -0.15) is 0 Å². The van der Waals surface area contributed by atoms with E-state index in [-0.39, 0.29) is 0 Å². The minimum absolute atomic E-state index is 0.554. The van der Waals surface area contributed by atoms with Crippen LogP contribution in [0.15, 0.2) is 0 Å². The topological polar surface area (TPSA) is 168 Å². The highest BCUT2D eigenvalue weighted by molar-refractivity contribution is 5.80. The van der Waals surface area contributed by atoms with E-state index in [0.29, 0.717) is 0 Å². The van der Waals surface area contributed by atoms with Crippen molar-refractivity contribution in [2.45, 2.75) is 37.5 Å². The molecule has 0 radical (unpaired) electrons. The van der Waals surface area contributed by atoms with Crippen LogP contribution in [0, 0.1) is 0 Å². The number of aliphatic carboxylic acids is 2. The molecule has 7 N–H and O–H groups in total. The van der Waals surface area contributed by atoms with Crippen LogP contribution in [0.1, 0.15) is 12.8 Å². The van der Waals surface area contributed by atoms with Gasteiger partial charge in [-0.1, -0.05) is 0 Å². The minimum Gasteiger partial charge on any atom is -0.481 e. The van der Waals surface area contributed by atoms with Crippen molar-refractivity contribution in [2.75, 3.05) is 0 Å². The fraction of sp³-hybridized carbons (Fsp3) is 0.750. The van der Waals surface area contributed by atoms with Gasteiger partial charge in [-0.15, -0.1) is 0 Å². The Kier molecular flexibility index (Phi) is 6.61. The molecule has 0 saturated heterocycles. The molecule has 0 spiro atoms. The molecule has 0 rings (SSSR count). The van der Waals surface area contributed by atoms with Crippen molar-refractivity contribution < 1.29 is 40.2 Å². The number of aliphatic hydroxyl groups excluding tert-OH is 2. The van der Waals surface area contributed by atoms with Gasteiger partial charge in [0.1, 0.15) is 6.04 Å². The monoisotopic (exact) mass is 253 g/mol. The Bertz CT molecular complexity index is 266. The maximum Gasteiger partial charge on any atom is 0.321 e. The molecular formula is C8H15NO8. The summed E-state index contributed by atoms with van der Waals surface area (Å²) in [7, 11) is 0. The average molecular weight is 253 g/mol. The van der Waals surface area contributed by atoms with Gasteiger partial charge in [0.05, 0.1) is 12.5 Å². The number of carboxylic acids is 2. The zero-order valence-corrected chi connectivity index (χ0v) is 8.72. The summed E-state index contributed by atoms with van der Waals surface area (Å²) < 4.78 is 0. The van der Waals surface area contributed by atoms with E-state index >= 15 is 0 Å². The Balaban J connectivity index is 4.56. The maximum atomic E-state index is 10.7. The molecule has 0 heterocycles. The van der Waals surface area contributed by atoms with Crippen molar-refractivity contribution in [3.8, 4) is 0 Å². The van der Waals surface area contributed by atoms with Gasteiger partial charge in [-0.3, -0.25) is 14.9 Å². The fourth-order valence-electron chi connectivity index (χ4n) is 1.15. The predicted molar refractivity (Wildman–Crippen MR) is 51.7 cm³/mol. The van der Waals surface area contributed by atoms with Gasteiger partial charge < -0.3 is 30.6 Å². The standard InChI is InChI=1S/C8H15NO8/c10-5(11)1-3(7(14)15)9-4(8(16)17)2-6(12)13/h3-5,7,9-11,14-15H,1-2H2,(H,12,13)(H,16,17). The largest absolute Gasteiger partial charge is 0.481 e. The van der Waals surface area contributed by atoms with E-state index in [0.717, 1.165) is 0 Å². The molecule has 2 unspecified atom stereocenters. The molecular weight excluding hydrogens is 238 g/mol. The molecule has 0 bridgehead atoms. The van der Waals surface area contributed by atoms with E-state index in [9.17, 15) is 9.59 Å². The summed E-state index contributed by atoms with van der Waals surface area (Å²) in [5, 5.41) is 54.2. The van der Waals surface area contributed by atoms with Gasteiger partial charge in [0.25, 0.3) is 0 Å². The van der Waals surface area contributed by atoms with E-state index in [4.69, 9.17) is 30.6 Å². The highest BCUT2D eigenvalue weighted by Crippen LogP contribution is 2.04. The second-order valence-electron chi connectivity index (χ2n) is 3.39. The number of rotatable bonds is 8. The molecule has 0 amide bonds. The molecule has 100 valence electrons. The van der Waals surface area contributed by atoms with Crippen LogP contribution in [-0.4, -0.2) is 67.2 Å². The van der Waals surface area contributed by atoms with Crippen LogP contribution < -0.4 is 5.32 Å². The van der Waals surface area contributed by atoms with Crippen molar-refractivity contribution in [1.82, 2.24) is 5.32 Å². The van der Waals surface area contributed by atoms with Crippen LogP contribution in [0.3, 0.4) is 0 Å². The van der Waals surface area contributed by atoms with Crippen LogP contribution in [0.5, 0.6) is 0 Å². The lowest BCUT2D eigenvalue weighted by Crippen LogP contribution is -2.50. The van der Waals surface area contributed by atoms with Crippen LogP contribution >= 0.6 is 0 Å². The first kappa shape index (κ1) is 15.7. The highest BCUT2D eigenvalue weighted by atomic mass is 16.5. The van der Waals surface area contributed by atoms with E-state index in [2.05, 4.69) is 5.32 Å². The molecule has 9 nitrogen and oxygen atoms in total. The van der Waals surface area contributed by atoms with Crippen LogP contribution in [0.25, 0.3) is 0 Å². The third kappa shape index (κ3) is 6.81. The number of carbonyl (C=O) groups is 2. The van der Waals surface area contributed by atoms with Crippen molar-refractivity contribution in [2.24, 2.45) is 0 Å². The van der Waals surface area contributed by atoms with Gasteiger partial charge in [0.15, 0.2) is 12.6 Å². The predicted octanol–water partition coefficient (Wildman–Crippen LogP) is -3.12. The summed E-state index contributed by atoms with van der Waals surface area (Å²) in [6, 6.07) is -2.92.